The normalized spacial score (nSPS) is 15.5. The van der Waals surface area contributed by atoms with Crippen LogP contribution in [0.4, 0.5) is 5.82 Å². The van der Waals surface area contributed by atoms with E-state index < -0.39 is 0 Å². The number of nitrogens with zero attached hydrogens (tertiary/aromatic N) is 3. The maximum absolute atomic E-state index is 5.91. The van der Waals surface area contributed by atoms with E-state index in [1.165, 1.54) is 5.56 Å². The molecule has 2 aromatic rings. The molecule has 1 atom stereocenters. The fourth-order valence-corrected chi connectivity index (χ4v) is 3.30. The van der Waals surface area contributed by atoms with Gasteiger partial charge in [0, 0.05) is 45.2 Å². The molecule has 29 heavy (non-hydrogen) atoms. The van der Waals surface area contributed by atoms with Gasteiger partial charge in [0.25, 0.3) is 0 Å². The van der Waals surface area contributed by atoms with Gasteiger partial charge in [-0.15, -0.1) is 0 Å². The van der Waals surface area contributed by atoms with Crippen molar-refractivity contribution in [3.63, 3.8) is 0 Å². The van der Waals surface area contributed by atoms with Gasteiger partial charge in [0.2, 0.25) is 0 Å². The Kier molecular flexibility index (Phi) is 6.80. The summed E-state index contributed by atoms with van der Waals surface area (Å²) < 4.78 is 11.8. The molecule has 156 valence electrons. The molecule has 0 bridgehead atoms. The minimum atomic E-state index is 0.211. The molecule has 1 aliphatic heterocycles. The summed E-state index contributed by atoms with van der Waals surface area (Å²) in [6.07, 6.45) is 1.13. The summed E-state index contributed by atoms with van der Waals surface area (Å²) in [6.45, 7) is 5.89. The van der Waals surface area contributed by atoms with Crippen LogP contribution in [0, 0.1) is 0 Å². The van der Waals surface area contributed by atoms with Crippen LogP contribution in [0.15, 0.2) is 35.3 Å². The molecule has 0 aliphatic carbocycles. The van der Waals surface area contributed by atoms with Gasteiger partial charge < -0.3 is 25.0 Å². The Morgan fingerprint density at radius 3 is 2.79 bits per heavy atom. The summed E-state index contributed by atoms with van der Waals surface area (Å²) in [5, 5.41) is 6.68. The number of fused-ring (bicyclic) bond motifs is 1. The topological polar surface area (TPSA) is 71.0 Å². The molecule has 2 N–H and O–H groups in total. The van der Waals surface area contributed by atoms with E-state index in [1.54, 1.807) is 7.05 Å². The fraction of sp³-hybridized carbons (Fsp3) is 0.455. The van der Waals surface area contributed by atoms with Gasteiger partial charge in [-0.1, -0.05) is 6.07 Å². The predicted octanol–water partition coefficient (Wildman–Crippen LogP) is 2.73. The van der Waals surface area contributed by atoms with Gasteiger partial charge in [-0.2, -0.15) is 0 Å². The van der Waals surface area contributed by atoms with Gasteiger partial charge in [-0.25, -0.2) is 4.98 Å². The zero-order valence-electron chi connectivity index (χ0n) is 18.0. The molecule has 7 heteroatoms. The molecular formula is C22H31N5O2. The van der Waals surface area contributed by atoms with Crippen molar-refractivity contribution >= 4 is 11.8 Å². The monoisotopic (exact) mass is 397 g/mol. The summed E-state index contributed by atoms with van der Waals surface area (Å²) in [7, 11) is 5.73. The highest BCUT2D eigenvalue weighted by Crippen LogP contribution is 2.35. The van der Waals surface area contributed by atoms with E-state index in [1.807, 2.05) is 44.1 Å². The van der Waals surface area contributed by atoms with Gasteiger partial charge in [-0.05, 0) is 38.1 Å². The number of nitrogens with one attached hydrogen (secondary N) is 2. The van der Waals surface area contributed by atoms with Crippen LogP contribution >= 0.6 is 0 Å². The second-order valence-electron chi connectivity index (χ2n) is 7.29. The van der Waals surface area contributed by atoms with Crippen LogP contribution in [0.1, 0.15) is 30.7 Å². The van der Waals surface area contributed by atoms with Crippen molar-refractivity contribution in [1.29, 1.82) is 0 Å². The molecule has 2 heterocycles. The van der Waals surface area contributed by atoms with Gasteiger partial charge in [-0.3, -0.25) is 4.99 Å². The first kappa shape index (κ1) is 20.8. The molecule has 7 nitrogen and oxygen atoms in total. The molecule has 3 rings (SSSR count). The number of benzene rings is 1. The second-order valence-corrected chi connectivity index (χ2v) is 7.29. The lowest BCUT2D eigenvalue weighted by Gasteiger charge is -2.16. The van der Waals surface area contributed by atoms with Crippen molar-refractivity contribution in [2.24, 2.45) is 4.99 Å². The van der Waals surface area contributed by atoms with E-state index in [2.05, 4.69) is 39.7 Å². The molecule has 0 fully saturated rings. The average molecular weight is 398 g/mol. The average Bonchev–Trinajstić information content (AvgIpc) is 3.07. The van der Waals surface area contributed by atoms with Crippen LogP contribution < -0.4 is 25.0 Å². The van der Waals surface area contributed by atoms with Crippen LogP contribution in [-0.2, 0) is 19.5 Å². The highest BCUT2D eigenvalue weighted by molar-refractivity contribution is 5.79. The second kappa shape index (κ2) is 9.49. The summed E-state index contributed by atoms with van der Waals surface area (Å²) in [4.78, 5) is 10.9. The van der Waals surface area contributed by atoms with Gasteiger partial charge in [0.1, 0.15) is 23.4 Å². The van der Waals surface area contributed by atoms with E-state index in [4.69, 9.17) is 9.47 Å². The van der Waals surface area contributed by atoms with Crippen molar-refractivity contribution in [2.75, 3.05) is 32.6 Å². The van der Waals surface area contributed by atoms with Crippen molar-refractivity contribution in [3.8, 4) is 11.5 Å². The Hall–Kier alpha value is -2.96. The van der Waals surface area contributed by atoms with E-state index in [0.717, 1.165) is 35.0 Å². The smallest absolute Gasteiger partial charge is 0.191 e. The maximum atomic E-state index is 5.91. The lowest BCUT2D eigenvalue weighted by Crippen LogP contribution is -2.36. The van der Waals surface area contributed by atoms with Crippen molar-refractivity contribution in [1.82, 2.24) is 15.6 Å². The van der Waals surface area contributed by atoms with Gasteiger partial charge in [0.05, 0.1) is 18.8 Å². The molecule has 0 radical (unpaired) electrons. The number of hydrogen-bond donors (Lipinski definition) is 2. The molecule has 0 saturated carbocycles. The van der Waals surface area contributed by atoms with Crippen molar-refractivity contribution < 1.29 is 9.47 Å². The zero-order valence-corrected chi connectivity index (χ0v) is 18.0. The van der Waals surface area contributed by atoms with Crippen LogP contribution in [0.2, 0.25) is 0 Å². The van der Waals surface area contributed by atoms with E-state index in [0.29, 0.717) is 25.7 Å². The van der Waals surface area contributed by atoms with Gasteiger partial charge in [0.15, 0.2) is 5.96 Å². The van der Waals surface area contributed by atoms with Crippen LogP contribution in [0.25, 0.3) is 0 Å². The number of anilines is 1. The number of hydrogen-bond acceptors (Lipinski definition) is 5. The molecule has 0 spiro atoms. The van der Waals surface area contributed by atoms with Gasteiger partial charge >= 0.3 is 0 Å². The highest BCUT2D eigenvalue weighted by Gasteiger charge is 2.21. The predicted molar refractivity (Wildman–Crippen MR) is 117 cm³/mol. The fourth-order valence-electron chi connectivity index (χ4n) is 3.30. The molecule has 1 aromatic carbocycles. The van der Waals surface area contributed by atoms with E-state index >= 15 is 0 Å². The number of guanidine groups is 1. The van der Waals surface area contributed by atoms with Crippen LogP contribution in [-0.4, -0.2) is 44.8 Å². The Morgan fingerprint density at radius 2 is 2.07 bits per heavy atom. The van der Waals surface area contributed by atoms with Crippen LogP contribution in [0.5, 0.6) is 11.5 Å². The molecule has 1 aromatic heterocycles. The van der Waals surface area contributed by atoms with Crippen molar-refractivity contribution in [3.05, 3.63) is 47.2 Å². The molecular weight excluding hydrogens is 366 g/mol. The largest absolute Gasteiger partial charge is 0.494 e. The number of rotatable bonds is 7. The Morgan fingerprint density at radius 1 is 1.28 bits per heavy atom. The summed E-state index contributed by atoms with van der Waals surface area (Å²) in [5.41, 5.74) is 3.21. The van der Waals surface area contributed by atoms with E-state index in [9.17, 15) is 0 Å². The first-order valence-electron chi connectivity index (χ1n) is 10.0. The third kappa shape index (κ3) is 5.31. The highest BCUT2D eigenvalue weighted by atomic mass is 16.5. The van der Waals surface area contributed by atoms with Crippen LogP contribution in [0.3, 0.4) is 0 Å². The first-order valence-corrected chi connectivity index (χ1v) is 10.0. The minimum absolute atomic E-state index is 0.211. The molecule has 1 unspecified atom stereocenters. The molecule has 0 amide bonds. The lowest BCUT2D eigenvalue weighted by molar-refractivity contribution is 0.254. The summed E-state index contributed by atoms with van der Waals surface area (Å²) in [6, 6.07) is 10.2. The van der Waals surface area contributed by atoms with E-state index in [-0.39, 0.29) is 6.10 Å². The number of aliphatic imine (C=N–C) groups is 1. The molecule has 1 aliphatic rings. The Balaban J connectivity index is 1.63. The minimum Gasteiger partial charge on any atom is -0.494 e. The third-order valence-electron chi connectivity index (χ3n) is 4.74. The first-order chi connectivity index (χ1) is 14.0. The summed E-state index contributed by atoms with van der Waals surface area (Å²) in [5.74, 6) is 3.48. The number of pyridine rings is 1. The SMILES string of the molecule is CCOc1cc2c(cc1CNC(=NC)NCc1cccc(N(C)C)n1)OC(C)C2. The third-order valence-corrected chi connectivity index (χ3v) is 4.74. The zero-order chi connectivity index (χ0) is 20.8. The number of ether oxygens (including phenoxy) is 2. The number of aromatic nitrogens is 1. The molecule has 0 saturated heterocycles. The quantitative estimate of drug-likeness (QED) is 0.553. The summed E-state index contributed by atoms with van der Waals surface area (Å²) >= 11 is 0. The Labute approximate surface area is 173 Å². The lowest BCUT2D eigenvalue weighted by atomic mass is 10.1. The standard InChI is InChI=1S/C22H31N5O2/c1-6-28-19-11-16-10-15(2)29-20(16)12-17(19)13-24-22(23-3)25-14-18-8-7-9-21(26-18)27(4)5/h7-9,11-12,15H,6,10,13-14H2,1-5H3,(H2,23,24,25). The van der Waals surface area contributed by atoms with Crippen molar-refractivity contribution in [2.45, 2.75) is 39.5 Å². The Bertz CT molecular complexity index is 866. The maximum Gasteiger partial charge on any atom is 0.191 e.